The average Bonchev–Trinajstić information content (AvgIpc) is 2.99. The fourth-order valence-electron chi connectivity index (χ4n) is 5.78. The highest BCUT2D eigenvalue weighted by atomic mass is 19.1. The van der Waals surface area contributed by atoms with Gasteiger partial charge < -0.3 is 0 Å². The molecule has 0 spiro atoms. The predicted molar refractivity (Wildman–Crippen MR) is 107 cm³/mol. The molecule has 0 N–H and O–H groups in total. The second-order valence-corrected chi connectivity index (χ2v) is 8.21. The summed E-state index contributed by atoms with van der Waals surface area (Å²) in [6, 6.07) is 20.6. The Bertz CT molecular complexity index is 1100. The highest BCUT2D eigenvalue weighted by Crippen LogP contribution is 2.61. The topological polar surface area (TPSA) is 37.4 Å². The fourth-order valence-corrected chi connectivity index (χ4v) is 5.78. The largest absolute Gasteiger partial charge is 0.274 e. The molecule has 2 amide bonds. The number of halogens is 1. The van der Waals surface area contributed by atoms with Gasteiger partial charge in [0.25, 0.3) is 0 Å². The molecule has 0 aromatic heterocycles. The number of imide groups is 1. The van der Waals surface area contributed by atoms with Crippen molar-refractivity contribution >= 4 is 17.5 Å². The number of amides is 2. The van der Waals surface area contributed by atoms with E-state index >= 15 is 0 Å². The van der Waals surface area contributed by atoms with Crippen LogP contribution in [0.4, 0.5) is 10.1 Å². The van der Waals surface area contributed by atoms with Crippen LogP contribution in [0, 0.1) is 24.6 Å². The number of aryl methyl sites for hydroxylation is 1. The summed E-state index contributed by atoms with van der Waals surface area (Å²) in [6.45, 7) is 1.74. The van der Waals surface area contributed by atoms with Gasteiger partial charge in [-0.05, 0) is 52.9 Å². The first-order valence-electron chi connectivity index (χ1n) is 9.89. The van der Waals surface area contributed by atoms with Crippen molar-refractivity contribution in [1.29, 1.82) is 0 Å². The lowest BCUT2D eigenvalue weighted by Gasteiger charge is -2.45. The van der Waals surface area contributed by atoms with Crippen LogP contribution in [0.5, 0.6) is 0 Å². The van der Waals surface area contributed by atoms with E-state index < -0.39 is 11.8 Å². The molecule has 2 unspecified atom stereocenters. The Kier molecular flexibility index (Phi) is 3.24. The van der Waals surface area contributed by atoms with Crippen LogP contribution in [0.25, 0.3) is 0 Å². The number of carbonyl (C=O) groups is 2. The molecule has 29 heavy (non-hydrogen) atoms. The number of nitrogens with zero attached hydrogens (tertiary/aromatic N) is 1. The van der Waals surface area contributed by atoms with Crippen LogP contribution in [0.2, 0.25) is 0 Å². The number of benzene rings is 3. The Morgan fingerprint density at radius 3 is 1.59 bits per heavy atom. The summed E-state index contributed by atoms with van der Waals surface area (Å²) in [5.41, 5.74) is 5.68. The molecule has 2 atom stereocenters. The van der Waals surface area contributed by atoms with Crippen LogP contribution in [-0.2, 0) is 9.59 Å². The van der Waals surface area contributed by atoms with E-state index in [9.17, 15) is 14.0 Å². The second-order valence-electron chi connectivity index (χ2n) is 8.21. The Labute approximate surface area is 167 Å². The molecule has 0 radical (unpaired) electrons. The van der Waals surface area contributed by atoms with Gasteiger partial charge >= 0.3 is 0 Å². The Morgan fingerprint density at radius 2 is 1.17 bits per heavy atom. The maximum atomic E-state index is 13.6. The minimum Gasteiger partial charge on any atom is -0.274 e. The van der Waals surface area contributed by atoms with Crippen molar-refractivity contribution in [3.8, 4) is 0 Å². The maximum Gasteiger partial charge on any atom is 0.238 e. The number of rotatable bonds is 1. The van der Waals surface area contributed by atoms with E-state index in [4.69, 9.17) is 0 Å². The van der Waals surface area contributed by atoms with Crippen LogP contribution in [0.1, 0.15) is 39.7 Å². The monoisotopic (exact) mass is 383 g/mol. The summed E-state index contributed by atoms with van der Waals surface area (Å²) in [7, 11) is 0. The third-order valence-electron chi connectivity index (χ3n) is 6.85. The first-order valence-corrected chi connectivity index (χ1v) is 9.89. The first kappa shape index (κ1) is 16.7. The molecule has 0 saturated carbocycles. The third kappa shape index (κ3) is 2.01. The first-order chi connectivity index (χ1) is 14.1. The Morgan fingerprint density at radius 1 is 0.724 bits per heavy atom. The van der Waals surface area contributed by atoms with Crippen LogP contribution in [-0.4, -0.2) is 11.8 Å². The molecular formula is C25H18FNO2. The van der Waals surface area contributed by atoms with Crippen molar-refractivity contribution < 1.29 is 14.0 Å². The zero-order valence-corrected chi connectivity index (χ0v) is 15.8. The predicted octanol–water partition coefficient (Wildman–Crippen LogP) is 4.53. The van der Waals surface area contributed by atoms with Crippen molar-refractivity contribution in [2.45, 2.75) is 18.8 Å². The molecule has 1 aliphatic heterocycles. The molecule has 4 heteroatoms. The summed E-state index contributed by atoms with van der Waals surface area (Å²) in [5, 5.41) is 0. The molecule has 1 heterocycles. The summed E-state index contributed by atoms with van der Waals surface area (Å²) < 4.78 is 13.6. The van der Waals surface area contributed by atoms with E-state index in [1.54, 1.807) is 13.0 Å². The van der Waals surface area contributed by atoms with Crippen LogP contribution >= 0.6 is 0 Å². The second kappa shape index (κ2) is 5.63. The van der Waals surface area contributed by atoms with Crippen molar-refractivity contribution in [2.75, 3.05) is 4.90 Å². The van der Waals surface area contributed by atoms with Crippen molar-refractivity contribution in [2.24, 2.45) is 11.8 Å². The normalized spacial score (nSPS) is 26.3. The van der Waals surface area contributed by atoms with Gasteiger partial charge in [-0.15, -0.1) is 0 Å². The SMILES string of the molecule is Cc1cc(F)ccc1N1C(=O)C2C3c4ccccc4C(c4ccccc43)C2C1=O. The highest BCUT2D eigenvalue weighted by Gasteiger charge is 2.61. The highest BCUT2D eigenvalue weighted by molar-refractivity contribution is 6.23. The number of anilines is 1. The average molecular weight is 383 g/mol. The molecule has 3 aliphatic carbocycles. The lowest BCUT2D eigenvalue weighted by atomic mass is 9.55. The molecule has 3 aromatic rings. The number of carbonyl (C=O) groups excluding carboxylic acids is 2. The number of hydrogen-bond acceptors (Lipinski definition) is 2. The van der Waals surface area contributed by atoms with Crippen molar-refractivity contribution in [3.05, 3.63) is 100 Å². The van der Waals surface area contributed by atoms with E-state index in [1.807, 2.05) is 24.3 Å². The van der Waals surface area contributed by atoms with Gasteiger partial charge in [-0.2, -0.15) is 0 Å². The molecule has 142 valence electrons. The van der Waals surface area contributed by atoms with Crippen molar-refractivity contribution in [1.82, 2.24) is 0 Å². The minimum atomic E-state index is -0.415. The quantitative estimate of drug-likeness (QED) is 0.579. The van der Waals surface area contributed by atoms with E-state index in [-0.39, 0.29) is 29.5 Å². The molecule has 3 aromatic carbocycles. The molecule has 7 rings (SSSR count). The van der Waals surface area contributed by atoms with E-state index in [0.29, 0.717) is 11.3 Å². The Balaban J connectivity index is 1.57. The van der Waals surface area contributed by atoms with Gasteiger partial charge in [0.15, 0.2) is 0 Å². The smallest absolute Gasteiger partial charge is 0.238 e. The van der Waals surface area contributed by atoms with Crippen LogP contribution < -0.4 is 4.90 Å². The summed E-state index contributed by atoms with van der Waals surface area (Å²) in [6.07, 6.45) is 0. The van der Waals surface area contributed by atoms with E-state index in [2.05, 4.69) is 24.3 Å². The van der Waals surface area contributed by atoms with Gasteiger partial charge in [-0.1, -0.05) is 48.5 Å². The van der Waals surface area contributed by atoms with Gasteiger partial charge in [0.1, 0.15) is 5.82 Å². The van der Waals surface area contributed by atoms with Gasteiger partial charge in [-0.25, -0.2) is 9.29 Å². The van der Waals surface area contributed by atoms with Gasteiger partial charge in [0.05, 0.1) is 17.5 Å². The minimum absolute atomic E-state index is 0.125. The van der Waals surface area contributed by atoms with Gasteiger partial charge in [0, 0.05) is 11.8 Å². The molecule has 4 aliphatic rings. The zero-order chi connectivity index (χ0) is 19.9. The maximum absolute atomic E-state index is 13.6. The van der Waals surface area contributed by atoms with E-state index in [1.165, 1.54) is 17.0 Å². The fraction of sp³-hybridized carbons (Fsp3) is 0.200. The molecular weight excluding hydrogens is 365 g/mol. The molecule has 2 bridgehead atoms. The summed E-state index contributed by atoms with van der Waals surface area (Å²) in [5.74, 6) is -1.80. The zero-order valence-electron chi connectivity index (χ0n) is 15.8. The molecule has 3 nitrogen and oxygen atoms in total. The van der Waals surface area contributed by atoms with Crippen LogP contribution in [0.3, 0.4) is 0 Å². The Hall–Kier alpha value is -3.27. The summed E-state index contributed by atoms with van der Waals surface area (Å²) >= 11 is 0. The lowest BCUT2D eigenvalue weighted by molar-refractivity contribution is -0.122. The number of hydrogen-bond donors (Lipinski definition) is 0. The van der Waals surface area contributed by atoms with Gasteiger partial charge in [0.2, 0.25) is 11.8 Å². The molecule has 1 saturated heterocycles. The van der Waals surface area contributed by atoms with Crippen LogP contribution in [0.15, 0.2) is 66.7 Å². The summed E-state index contributed by atoms with van der Waals surface area (Å²) in [4.78, 5) is 28.5. The lowest BCUT2D eigenvalue weighted by Crippen LogP contribution is -2.41. The third-order valence-corrected chi connectivity index (χ3v) is 6.85. The standard InChI is InChI=1S/C25H18FNO2/c1-13-12-14(26)10-11-19(13)27-24(28)22-20-15-6-2-3-7-16(15)21(23(22)25(27)29)18-9-5-4-8-17(18)20/h2-12,20-23H,1H3. The van der Waals surface area contributed by atoms with Crippen molar-refractivity contribution in [3.63, 3.8) is 0 Å². The van der Waals surface area contributed by atoms with Gasteiger partial charge in [-0.3, -0.25) is 9.59 Å². The van der Waals surface area contributed by atoms with E-state index in [0.717, 1.165) is 22.3 Å². The molecule has 1 fully saturated rings.